The normalized spacial score (nSPS) is 11.8. The highest BCUT2D eigenvalue weighted by Gasteiger charge is 2.36. The van der Waals surface area contributed by atoms with E-state index in [4.69, 9.17) is 34.8 Å². The highest BCUT2D eigenvalue weighted by Crippen LogP contribution is 2.40. The third-order valence-electron chi connectivity index (χ3n) is 2.44. The van der Waals surface area contributed by atoms with Crippen molar-refractivity contribution in [2.45, 2.75) is 6.18 Å². The Balaban J connectivity index is 2.72. The summed E-state index contributed by atoms with van der Waals surface area (Å²) < 4.78 is 51.9. The van der Waals surface area contributed by atoms with Crippen LogP contribution in [0.25, 0.3) is 11.3 Å². The van der Waals surface area contributed by atoms with Crippen LogP contribution in [0.15, 0.2) is 24.4 Å². The van der Waals surface area contributed by atoms with Gasteiger partial charge in [-0.2, -0.15) is 13.2 Å². The first-order valence-electron chi connectivity index (χ1n) is 5.08. The van der Waals surface area contributed by atoms with Crippen LogP contribution >= 0.6 is 34.8 Å². The lowest BCUT2D eigenvalue weighted by atomic mass is 10.1. The van der Waals surface area contributed by atoms with Crippen molar-refractivity contribution in [1.82, 2.24) is 4.98 Å². The molecule has 0 unspecified atom stereocenters. The van der Waals surface area contributed by atoms with Gasteiger partial charge in [0.25, 0.3) is 0 Å². The summed E-state index contributed by atoms with van der Waals surface area (Å²) in [6, 6.07) is 3.02. The van der Waals surface area contributed by atoms with E-state index in [-0.39, 0.29) is 20.6 Å². The summed E-state index contributed by atoms with van der Waals surface area (Å²) in [4.78, 5) is 3.59. The van der Waals surface area contributed by atoms with Gasteiger partial charge in [-0.05, 0) is 18.2 Å². The Morgan fingerprint density at radius 1 is 1.00 bits per heavy atom. The van der Waals surface area contributed by atoms with Crippen LogP contribution in [-0.2, 0) is 6.18 Å². The molecule has 0 radical (unpaired) electrons. The van der Waals surface area contributed by atoms with Crippen LogP contribution in [0.4, 0.5) is 17.6 Å². The number of nitrogens with zero attached hydrogens (tertiary/aromatic N) is 1. The van der Waals surface area contributed by atoms with E-state index in [1.54, 1.807) is 0 Å². The fraction of sp³-hybridized carbons (Fsp3) is 0.0833. The van der Waals surface area contributed by atoms with Crippen LogP contribution in [0.1, 0.15) is 5.56 Å². The van der Waals surface area contributed by atoms with E-state index in [1.165, 1.54) is 12.1 Å². The largest absolute Gasteiger partial charge is 0.419 e. The Hall–Kier alpha value is -1.04. The highest BCUT2D eigenvalue weighted by molar-refractivity contribution is 6.41. The molecule has 0 amide bonds. The van der Waals surface area contributed by atoms with Gasteiger partial charge in [-0.3, -0.25) is 4.98 Å². The molecule has 2 aromatic rings. The van der Waals surface area contributed by atoms with E-state index >= 15 is 0 Å². The third-order valence-corrected chi connectivity index (χ3v) is 3.25. The van der Waals surface area contributed by atoms with E-state index in [1.807, 2.05) is 0 Å². The molecule has 1 nitrogen and oxygen atoms in total. The van der Waals surface area contributed by atoms with Crippen LogP contribution in [0.5, 0.6) is 0 Å². The van der Waals surface area contributed by atoms with Gasteiger partial charge in [0.1, 0.15) is 5.69 Å². The van der Waals surface area contributed by atoms with Gasteiger partial charge in [0, 0.05) is 16.8 Å². The molecule has 1 heterocycles. The second-order valence-electron chi connectivity index (χ2n) is 3.76. The van der Waals surface area contributed by atoms with Crippen LogP contribution in [-0.4, -0.2) is 4.98 Å². The van der Waals surface area contributed by atoms with Crippen LogP contribution < -0.4 is 0 Å². The molecule has 2 rings (SSSR count). The van der Waals surface area contributed by atoms with Crippen molar-refractivity contribution in [3.63, 3.8) is 0 Å². The quantitative estimate of drug-likeness (QED) is 0.590. The van der Waals surface area contributed by atoms with Crippen LogP contribution in [0, 0.1) is 5.82 Å². The Labute approximate surface area is 126 Å². The molecule has 0 aliphatic rings. The summed E-state index contributed by atoms with van der Waals surface area (Å²) in [5, 5.41) is -0.00224. The van der Waals surface area contributed by atoms with E-state index in [9.17, 15) is 17.6 Å². The third kappa shape index (κ3) is 2.85. The molecule has 0 bridgehead atoms. The summed E-state index contributed by atoms with van der Waals surface area (Å²) in [5.41, 5.74) is -2.16. The maximum Gasteiger partial charge on any atom is 0.419 e. The Kier molecular flexibility index (Phi) is 4.14. The lowest BCUT2D eigenvalue weighted by Crippen LogP contribution is -2.10. The zero-order chi connectivity index (χ0) is 15.1. The number of aromatic nitrogens is 1. The number of pyridine rings is 1. The first-order chi connectivity index (χ1) is 9.21. The fourth-order valence-corrected chi connectivity index (χ4v) is 2.60. The SMILES string of the molecule is Fc1c(C(F)(F)F)ccnc1-c1c(Cl)cc(Cl)cc1Cl. The number of benzene rings is 1. The number of hydrogen-bond acceptors (Lipinski definition) is 1. The molecule has 0 fully saturated rings. The molecule has 0 N–H and O–H groups in total. The molecule has 0 atom stereocenters. The van der Waals surface area contributed by atoms with Crippen molar-refractivity contribution in [2.75, 3.05) is 0 Å². The minimum atomic E-state index is -4.84. The molecule has 0 aliphatic heterocycles. The van der Waals surface area contributed by atoms with Gasteiger partial charge in [-0.1, -0.05) is 34.8 Å². The molecular formula is C12H4Cl3F4N. The number of alkyl halides is 3. The number of hydrogen-bond donors (Lipinski definition) is 0. The van der Waals surface area contributed by atoms with Crippen molar-refractivity contribution < 1.29 is 17.6 Å². The summed E-state index contributed by atoms with van der Waals surface area (Å²) in [7, 11) is 0. The summed E-state index contributed by atoms with van der Waals surface area (Å²) in [5.74, 6) is -1.54. The fourth-order valence-electron chi connectivity index (χ4n) is 1.61. The van der Waals surface area contributed by atoms with Crippen molar-refractivity contribution >= 4 is 34.8 Å². The molecule has 106 valence electrons. The maximum absolute atomic E-state index is 14.0. The zero-order valence-electron chi connectivity index (χ0n) is 9.40. The first-order valence-corrected chi connectivity index (χ1v) is 6.22. The average molecular weight is 345 g/mol. The molecule has 1 aromatic carbocycles. The lowest BCUT2D eigenvalue weighted by molar-refractivity contribution is -0.140. The second-order valence-corrected chi connectivity index (χ2v) is 5.01. The smallest absolute Gasteiger partial charge is 0.253 e. The number of halogens is 7. The van der Waals surface area contributed by atoms with Crippen molar-refractivity contribution in [3.8, 4) is 11.3 Å². The highest BCUT2D eigenvalue weighted by atomic mass is 35.5. The van der Waals surface area contributed by atoms with Crippen LogP contribution in [0.2, 0.25) is 15.1 Å². The maximum atomic E-state index is 14.0. The molecule has 0 saturated heterocycles. The summed E-state index contributed by atoms with van der Waals surface area (Å²) in [6.07, 6.45) is -4.00. The Morgan fingerprint density at radius 2 is 1.55 bits per heavy atom. The van der Waals surface area contributed by atoms with Gasteiger partial charge in [-0.25, -0.2) is 4.39 Å². The second kappa shape index (κ2) is 5.39. The molecule has 0 spiro atoms. The standard InChI is InChI=1S/C12H4Cl3F4N/c13-5-3-7(14)9(8(15)4-5)11-10(16)6(1-2-20-11)12(17,18)19/h1-4H. The molecule has 8 heteroatoms. The minimum absolute atomic E-state index is 0.0896. The van der Waals surface area contributed by atoms with E-state index in [0.29, 0.717) is 6.07 Å². The van der Waals surface area contributed by atoms with E-state index in [0.717, 1.165) is 6.20 Å². The van der Waals surface area contributed by atoms with Gasteiger partial charge in [0.2, 0.25) is 0 Å². The predicted molar refractivity (Wildman–Crippen MR) is 69.7 cm³/mol. The summed E-state index contributed by atoms with van der Waals surface area (Å²) >= 11 is 17.4. The van der Waals surface area contributed by atoms with Gasteiger partial charge >= 0.3 is 6.18 Å². The van der Waals surface area contributed by atoms with Gasteiger partial charge in [-0.15, -0.1) is 0 Å². The average Bonchev–Trinajstić information content (AvgIpc) is 2.28. The van der Waals surface area contributed by atoms with Gasteiger partial charge in [0.05, 0.1) is 15.6 Å². The Bertz CT molecular complexity index is 647. The molecule has 1 aromatic heterocycles. The van der Waals surface area contributed by atoms with E-state index in [2.05, 4.69) is 4.98 Å². The van der Waals surface area contributed by atoms with Crippen molar-refractivity contribution in [1.29, 1.82) is 0 Å². The minimum Gasteiger partial charge on any atom is -0.253 e. The Morgan fingerprint density at radius 3 is 2.05 bits per heavy atom. The monoisotopic (exact) mass is 343 g/mol. The first kappa shape index (κ1) is 15.4. The van der Waals surface area contributed by atoms with Crippen LogP contribution in [0.3, 0.4) is 0 Å². The van der Waals surface area contributed by atoms with E-state index < -0.39 is 23.3 Å². The van der Waals surface area contributed by atoms with Crippen molar-refractivity contribution in [2.24, 2.45) is 0 Å². The summed E-state index contributed by atoms with van der Waals surface area (Å²) in [6.45, 7) is 0. The number of rotatable bonds is 1. The van der Waals surface area contributed by atoms with Crippen molar-refractivity contribution in [3.05, 3.63) is 50.8 Å². The lowest BCUT2D eigenvalue weighted by Gasteiger charge is -2.12. The zero-order valence-corrected chi connectivity index (χ0v) is 11.7. The van der Waals surface area contributed by atoms with Gasteiger partial charge < -0.3 is 0 Å². The molecule has 20 heavy (non-hydrogen) atoms. The molecule has 0 saturated carbocycles. The topological polar surface area (TPSA) is 12.9 Å². The molecular weight excluding hydrogens is 340 g/mol. The van der Waals surface area contributed by atoms with Gasteiger partial charge in [0.15, 0.2) is 5.82 Å². The predicted octanol–water partition coefficient (Wildman–Crippen LogP) is 5.87. The molecule has 0 aliphatic carbocycles.